The molecule has 0 bridgehead atoms. The lowest BCUT2D eigenvalue weighted by molar-refractivity contribution is -0.115. The van der Waals surface area contributed by atoms with E-state index in [1.54, 1.807) is 6.20 Å². The first-order valence-electron chi connectivity index (χ1n) is 7.34. The molecule has 0 radical (unpaired) electrons. The van der Waals surface area contributed by atoms with E-state index in [1.165, 1.54) is 0 Å². The lowest BCUT2D eigenvalue weighted by Gasteiger charge is -2.11. The first-order chi connectivity index (χ1) is 10.6. The van der Waals surface area contributed by atoms with Gasteiger partial charge in [0.2, 0.25) is 5.91 Å². The van der Waals surface area contributed by atoms with Gasteiger partial charge in [-0.05, 0) is 48.7 Å². The number of anilines is 1. The summed E-state index contributed by atoms with van der Waals surface area (Å²) in [6.07, 6.45) is 2.15. The summed E-state index contributed by atoms with van der Waals surface area (Å²) in [6, 6.07) is 15.7. The summed E-state index contributed by atoms with van der Waals surface area (Å²) in [5, 5.41) is 3.98. The van der Waals surface area contributed by atoms with Gasteiger partial charge in [-0.15, -0.1) is 0 Å². The molecule has 3 aromatic rings. The van der Waals surface area contributed by atoms with Gasteiger partial charge in [-0.25, -0.2) is 0 Å². The lowest BCUT2D eigenvalue weighted by atomic mass is 10.1. The van der Waals surface area contributed by atoms with E-state index >= 15 is 0 Å². The summed E-state index contributed by atoms with van der Waals surface area (Å²) in [7, 11) is 0. The van der Waals surface area contributed by atoms with E-state index in [1.807, 2.05) is 62.4 Å². The smallest absolute Gasteiger partial charge is 0.228 e. The Labute approximate surface area is 130 Å². The van der Waals surface area contributed by atoms with Crippen LogP contribution < -0.4 is 5.32 Å². The van der Waals surface area contributed by atoms with Crippen molar-refractivity contribution >= 4 is 22.5 Å². The Morgan fingerprint density at radius 2 is 1.82 bits per heavy atom. The highest BCUT2D eigenvalue weighted by molar-refractivity contribution is 6.02. The minimum absolute atomic E-state index is 0.0108. The van der Waals surface area contributed by atoms with E-state index in [9.17, 15) is 4.79 Å². The third-order valence-corrected chi connectivity index (χ3v) is 3.86. The van der Waals surface area contributed by atoms with Crippen LogP contribution in [0.3, 0.4) is 0 Å². The van der Waals surface area contributed by atoms with Crippen molar-refractivity contribution in [3.8, 4) is 0 Å². The average Bonchev–Trinajstić information content (AvgIpc) is 2.53. The van der Waals surface area contributed by atoms with Crippen LogP contribution in [-0.2, 0) is 11.2 Å². The minimum Gasteiger partial charge on any atom is -0.325 e. The third-order valence-electron chi connectivity index (χ3n) is 3.86. The predicted molar refractivity (Wildman–Crippen MR) is 90.0 cm³/mol. The molecule has 2 aromatic carbocycles. The predicted octanol–water partition coefficient (Wildman–Crippen LogP) is 4.03. The number of nitrogens with one attached hydrogen (secondary N) is 1. The topological polar surface area (TPSA) is 42.0 Å². The number of aromatic nitrogens is 1. The highest BCUT2D eigenvalue weighted by Crippen LogP contribution is 2.24. The van der Waals surface area contributed by atoms with E-state index in [0.717, 1.165) is 33.3 Å². The summed E-state index contributed by atoms with van der Waals surface area (Å²) in [4.78, 5) is 16.7. The molecule has 0 aliphatic carbocycles. The number of carbonyl (C=O) groups is 1. The molecule has 0 aliphatic rings. The first-order valence-corrected chi connectivity index (χ1v) is 7.34. The van der Waals surface area contributed by atoms with Crippen LogP contribution in [0.2, 0.25) is 0 Å². The summed E-state index contributed by atoms with van der Waals surface area (Å²) < 4.78 is 0. The van der Waals surface area contributed by atoms with E-state index in [4.69, 9.17) is 0 Å². The van der Waals surface area contributed by atoms with Crippen molar-refractivity contribution in [1.82, 2.24) is 4.98 Å². The zero-order valence-corrected chi connectivity index (χ0v) is 12.8. The molecule has 22 heavy (non-hydrogen) atoms. The number of nitrogens with zero attached hydrogens (tertiary/aromatic N) is 1. The van der Waals surface area contributed by atoms with Gasteiger partial charge >= 0.3 is 0 Å². The van der Waals surface area contributed by atoms with Crippen LogP contribution in [0.25, 0.3) is 10.9 Å². The standard InChI is InChI=1S/C19H18N2O/c1-13-6-3-4-7-15(13)12-18(22)21-17-10-9-14(2)19-16(17)8-5-11-20-19/h3-11H,12H2,1-2H3,(H,21,22). The molecule has 0 aliphatic heterocycles. The van der Waals surface area contributed by atoms with Crippen LogP contribution in [0.4, 0.5) is 5.69 Å². The van der Waals surface area contributed by atoms with Crippen LogP contribution in [-0.4, -0.2) is 10.9 Å². The van der Waals surface area contributed by atoms with Crippen molar-refractivity contribution in [1.29, 1.82) is 0 Å². The molecule has 0 saturated heterocycles. The number of fused-ring (bicyclic) bond motifs is 1. The van der Waals surface area contributed by atoms with Gasteiger partial charge in [-0.3, -0.25) is 9.78 Å². The van der Waals surface area contributed by atoms with Gasteiger partial charge in [0.05, 0.1) is 17.6 Å². The molecular weight excluding hydrogens is 272 g/mol. The fourth-order valence-corrected chi connectivity index (χ4v) is 2.60. The maximum Gasteiger partial charge on any atom is 0.228 e. The Hall–Kier alpha value is -2.68. The fraction of sp³-hybridized carbons (Fsp3) is 0.158. The molecule has 1 amide bonds. The molecule has 3 rings (SSSR count). The summed E-state index contributed by atoms with van der Waals surface area (Å²) in [6.45, 7) is 4.04. The van der Waals surface area contributed by atoms with E-state index in [-0.39, 0.29) is 5.91 Å². The van der Waals surface area contributed by atoms with Gasteiger partial charge in [-0.2, -0.15) is 0 Å². The van der Waals surface area contributed by atoms with Gasteiger partial charge in [0, 0.05) is 11.6 Å². The lowest BCUT2D eigenvalue weighted by Crippen LogP contribution is -2.15. The van der Waals surface area contributed by atoms with Gasteiger partial charge in [0.25, 0.3) is 0 Å². The largest absolute Gasteiger partial charge is 0.325 e. The zero-order valence-electron chi connectivity index (χ0n) is 12.8. The van der Waals surface area contributed by atoms with Crippen molar-refractivity contribution in [2.24, 2.45) is 0 Å². The fourth-order valence-electron chi connectivity index (χ4n) is 2.60. The molecule has 3 nitrogen and oxygen atoms in total. The van der Waals surface area contributed by atoms with Crippen LogP contribution in [0.15, 0.2) is 54.7 Å². The number of rotatable bonds is 3. The number of hydrogen-bond acceptors (Lipinski definition) is 2. The number of pyridine rings is 1. The monoisotopic (exact) mass is 290 g/mol. The van der Waals surface area contributed by atoms with Crippen LogP contribution >= 0.6 is 0 Å². The van der Waals surface area contributed by atoms with Crippen molar-refractivity contribution < 1.29 is 4.79 Å². The Bertz CT molecular complexity index is 840. The molecule has 0 fully saturated rings. The number of benzene rings is 2. The Balaban J connectivity index is 1.86. The summed E-state index contributed by atoms with van der Waals surface area (Å²) >= 11 is 0. The van der Waals surface area contributed by atoms with E-state index in [2.05, 4.69) is 10.3 Å². The van der Waals surface area contributed by atoms with Gasteiger partial charge < -0.3 is 5.32 Å². The average molecular weight is 290 g/mol. The zero-order chi connectivity index (χ0) is 15.5. The molecule has 1 N–H and O–H groups in total. The van der Waals surface area contributed by atoms with Crippen molar-refractivity contribution in [2.75, 3.05) is 5.32 Å². The highest BCUT2D eigenvalue weighted by atomic mass is 16.1. The van der Waals surface area contributed by atoms with E-state index < -0.39 is 0 Å². The maximum atomic E-state index is 12.3. The second-order valence-electron chi connectivity index (χ2n) is 5.48. The van der Waals surface area contributed by atoms with Gasteiger partial charge in [0.1, 0.15) is 0 Å². The van der Waals surface area contributed by atoms with E-state index in [0.29, 0.717) is 6.42 Å². The maximum absolute atomic E-state index is 12.3. The number of aryl methyl sites for hydroxylation is 2. The Morgan fingerprint density at radius 1 is 1.00 bits per heavy atom. The van der Waals surface area contributed by atoms with Gasteiger partial charge in [-0.1, -0.05) is 30.3 Å². The molecule has 0 spiro atoms. The second kappa shape index (κ2) is 5.98. The molecule has 0 unspecified atom stereocenters. The Kier molecular flexibility index (Phi) is 3.88. The molecule has 1 aromatic heterocycles. The number of carbonyl (C=O) groups excluding carboxylic acids is 1. The van der Waals surface area contributed by atoms with Crippen LogP contribution in [0, 0.1) is 13.8 Å². The molecule has 3 heteroatoms. The summed E-state index contributed by atoms with van der Waals surface area (Å²) in [5.74, 6) is -0.0108. The molecule has 110 valence electrons. The molecule has 0 saturated carbocycles. The van der Waals surface area contributed by atoms with Crippen molar-refractivity contribution in [3.63, 3.8) is 0 Å². The van der Waals surface area contributed by atoms with Crippen LogP contribution in [0.5, 0.6) is 0 Å². The first kappa shape index (κ1) is 14.3. The van der Waals surface area contributed by atoms with Crippen LogP contribution in [0.1, 0.15) is 16.7 Å². The second-order valence-corrected chi connectivity index (χ2v) is 5.48. The molecule has 0 atom stereocenters. The molecular formula is C19H18N2O. The SMILES string of the molecule is Cc1ccccc1CC(=O)Nc1ccc(C)c2ncccc12. The minimum atomic E-state index is -0.0108. The number of amides is 1. The third kappa shape index (κ3) is 2.84. The Morgan fingerprint density at radius 3 is 2.64 bits per heavy atom. The normalized spacial score (nSPS) is 10.6. The van der Waals surface area contributed by atoms with Gasteiger partial charge in [0.15, 0.2) is 0 Å². The molecule has 1 heterocycles. The summed E-state index contributed by atoms with van der Waals surface area (Å²) in [5.41, 5.74) is 5.03. The quantitative estimate of drug-likeness (QED) is 0.791. The van der Waals surface area contributed by atoms with Crippen molar-refractivity contribution in [3.05, 3.63) is 71.4 Å². The van der Waals surface area contributed by atoms with Crippen molar-refractivity contribution in [2.45, 2.75) is 20.3 Å². The highest BCUT2D eigenvalue weighted by Gasteiger charge is 2.09. The number of hydrogen-bond donors (Lipinski definition) is 1.